The Morgan fingerprint density at radius 1 is 1.14 bits per heavy atom. The summed E-state index contributed by atoms with van der Waals surface area (Å²) < 4.78 is 13.8. The lowest BCUT2D eigenvalue weighted by Crippen LogP contribution is -2.06. The second-order valence-corrected chi connectivity index (χ2v) is 6.29. The number of nitrogens with zero attached hydrogens (tertiary/aromatic N) is 1. The molecule has 2 aromatic carbocycles. The number of carbonyl (C=O) groups excluding carboxylic acids is 1. The van der Waals surface area contributed by atoms with Crippen LogP contribution in [0.5, 0.6) is 0 Å². The third kappa shape index (κ3) is 3.46. The van der Waals surface area contributed by atoms with Gasteiger partial charge in [0.15, 0.2) is 0 Å². The molecule has 0 radical (unpaired) electrons. The average molecular weight is 320 g/mol. The minimum atomic E-state index is -0.297. The van der Waals surface area contributed by atoms with Crippen LogP contribution in [0.3, 0.4) is 0 Å². The Kier molecular flexibility index (Phi) is 3.99. The number of rotatable bonds is 4. The van der Waals surface area contributed by atoms with Gasteiger partial charge in [-0.1, -0.05) is 23.7 Å². The number of ketones is 1. The fourth-order valence-corrected chi connectivity index (χ4v) is 3.35. The first-order valence-electron chi connectivity index (χ1n) is 6.41. The van der Waals surface area contributed by atoms with Gasteiger partial charge in [0.05, 0.1) is 16.6 Å². The SMILES string of the molecule is O=C(Cc1ccc(F)cc1)Cc1nc2ccc(Cl)cc2s1. The molecule has 3 rings (SSSR count). The van der Waals surface area contributed by atoms with Crippen LogP contribution in [0.4, 0.5) is 4.39 Å². The summed E-state index contributed by atoms with van der Waals surface area (Å²) >= 11 is 7.41. The van der Waals surface area contributed by atoms with Crippen molar-refractivity contribution in [3.63, 3.8) is 0 Å². The summed E-state index contributed by atoms with van der Waals surface area (Å²) in [4.78, 5) is 16.5. The van der Waals surface area contributed by atoms with Crippen molar-refractivity contribution in [2.45, 2.75) is 12.8 Å². The van der Waals surface area contributed by atoms with Gasteiger partial charge in [-0.15, -0.1) is 11.3 Å². The molecule has 0 N–H and O–H groups in total. The monoisotopic (exact) mass is 319 g/mol. The summed E-state index contributed by atoms with van der Waals surface area (Å²) in [5, 5.41) is 1.44. The summed E-state index contributed by atoms with van der Waals surface area (Å²) in [7, 11) is 0. The number of halogens is 2. The van der Waals surface area contributed by atoms with Crippen molar-refractivity contribution in [3.05, 3.63) is 63.9 Å². The smallest absolute Gasteiger partial charge is 0.144 e. The molecular formula is C16H11ClFNOS. The van der Waals surface area contributed by atoms with Gasteiger partial charge >= 0.3 is 0 Å². The van der Waals surface area contributed by atoms with Crippen molar-refractivity contribution in [2.24, 2.45) is 0 Å². The lowest BCUT2D eigenvalue weighted by molar-refractivity contribution is -0.117. The zero-order chi connectivity index (χ0) is 14.8. The van der Waals surface area contributed by atoms with Crippen LogP contribution in [0.1, 0.15) is 10.6 Å². The van der Waals surface area contributed by atoms with Crippen LogP contribution >= 0.6 is 22.9 Å². The Morgan fingerprint density at radius 3 is 2.67 bits per heavy atom. The Labute approximate surface area is 130 Å². The molecule has 0 bridgehead atoms. The molecule has 0 aliphatic carbocycles. The molecule has 0 amide bonds. The Hall–Kier alpha value is -1.78. The van der Waals surface area contributed by atoms with Crippen LogP contribution in [-0.4, -0.2) is 10.8 Å². The van der Waals surface area contributed by atoms with E-state index in [1.54, 1.807) is 18.2 Å². The quantitative estimate of drug-likeness (QED) is 0.711. The second-order valence-electron chi connectivity index (χ2n) is 4.74. The molecule has 0 saturated heterocycles. The van der Waals surface area contributed by atoms with E-state index < -0.39 is 0 Å². The van der Waals surface area contributed by atoms with Crippen molar-refractivity contribution in [3.8, 4) is 0 Å². The van der Waals surface area contributed by atoms with E-state index in [2.05, 4.69) is 4.98 Å². The number of Topliss-reactive ketones (excluding diaryl/α,β-unsaturated/α-hetero) is 1. The zero-order valence-corrected chi connectivity index (χ0v) is 12.5. The molecule has 1 heterocycles. The Balaban J connectivity index is 1.72. The molecule has 21 heavy (non-hydrogen) atoms. The van der Waals surface area contributed by atoms with E-state index in [1.165, 1.54) is 23.5 Å². The van der Waals surface area contributed by atoms with Crippen LogP contribution < -0.4 is 0 Å². The van der Waals surface area contributed by atoms with Gasteiger partial charge in [0.1, 0.15) is 16.6 Å². The predicted octanol–water partition coefficient (Wildman–Crippen LogP) is 4.44. The van der Waals surface area contributed by atoms with Gasteiger partial charge in [0.2, 0.25) is 0 Å². The fraction of sp³-hybridized carbons (Fsp3) is 0.125. The van der Waals surface area contributed by atoms with Crippen molar-refractivity contribution in [2.75, 3.05) is 0 Å². The van der Waals surface area contributed by atoms with E-state index >= 15 is 0 Å². The van der Waals surface area contributed by atoms with Gasteiger partial charge in [-0.25, -0.2) is 9.37 Å². The molecule has 5 heteroatoms. The highest BCUT2D eigenvalue weighted by Gasteiger charge is 2.10. The molecule has 3 aromatic rings. The first-order chi connectivity index (χ1) is 10.1. The fourth-order valence-electron chi connectivity index (χ4n) is 2.08. The average Bonchev–Trinajstić information content (AvgIpc) is 2.82. The minimum Gasteiger partial charge on any atom is -0.299 e. The summed E-state index contributed by atoms with van der Waals surface area (Å²) in [6.07, 6.45) is 0.575. The topological polar surface area (TPSA) is 30.0 Å². The van der Waals surface area contributed by atoms with Crippen molar-refractivity contribution >= 4 is 38.9 Å². The van der Waals surface area contributed by atoms with E-state index in [9.17, 15) is 9.18 Å². The minimum absolute atomic E-state index is 0.0618. The summed E-state index contributed by atoms with van der Waals surface area (Å²) in [6, 6.07) is 11.5. The number of benzene rings is 2. The van der Waals surface area contributed by atoms with Gasteiger partial charge in [0.25, 0.3) is 0 Å². The maximum atomic E-state index is 12.8. The maximum absolute atomic E-state index is 12.8. The second kappa shape index (κ2) is 5.92. The van der Waals surface area contributed by atoms with E-state index in [0.29, 0.717) is 5.02 Å². The van der Waals surface area contributed by atoms with E-state index in [1.807, 2.05) is 12.1 Å². The molecule has 0 saturated carbocycles. The number of aromatic nitrogens is 1. The number of hydrogen-bond acceptors (Lipinski definition) is 3. The van der Waals surface area contributed by atoms with Crippen LogP contribution in [-0.2, 0) is 17.6 Å². The Morgan fingerprint density at radius 2 is 1.90 bits per heavy atom. The van der Waals surface area contributed by atoms with Crippen molar-refractivity contribution in [1.29, 1.82) is 0 Å². The van der Waals surface area contributed by atoms with Gasteiger partial charge in [0, 0.05) is 11.4 Å². The number of hydrogen-bond donors (Lipinski definition) is 0. The molecule has 0 fully saturated rings. The first-order valence-corrected chi connectivity index (χ1v) is 7.61. The highest BCUT2D eigenvalue weighted by Crippen LogP contribution is 2.25. The Bertz CT molecular complexity index is 798. The zero-order valence-electron chi connectivity index (χ0n) is 11.0. The summed E-state index contributed by atoms with van der Waals surface area (Å²) in [5.41, 5.74) is 1.67. The third-order valence-electron chi connectivity index (χ3n) is 3.06. The summed E-state index contributed by atoms with van der Waals surface area (Å²) in [5.74, 6) is -0.235. The van der Waals surface area contributed by atoms with Crippen molar-refractivity contribution < 1.29 is 9.18 Å². The predicted molar refractivity (Wildman–Crippen MR) is 83.4 cm³/mol. The summed E-state index contributed by atoms with van der Waals surface area (Å²) in [6.45, 7) is 0. The van der Waals surface area contributed by atoms with Gasteiger partial charge in [-0.2, -0.15) is 0 Å². The van der Waals surface area contributed by atoms with E-state index in [4.69, 9.17) is 11.6 Å². The molecule has 2 nitrogen and oxygen atoms in total. The molecule has 106 valence electrons. The third-order valence-corrected chi connectivity index (χ3v) is 4.31. The number of fused-ring (bicyclic) bond motifs is 1. The molecule has 0 aliphatic rings. The molecule has 1 aromatic heterocycles. The van der Waals surface area contributed by atoms with Crippen LogP contribution in [0.2, 0.25) is 5.02 Å². The number of thiazole rings is 1. The van der Waals surface area contributed by atoms with Gasteiger partial charge in [-0.3, -0.25) is 4.79 Å². The van der Waals surface area contributed by atoms with Crippen molar-refractivity contribution in [1.82, 2.24) is 4.98 Å². The van der Waals surface area contributed by atoms with E-state index in [-0.39, 0.29) is 24.4 Å². The molecular weight excluding hydrogens is 309 g/mol. The van der Waals surface area contributed by atoms with Gasteiger partial charge < -0.3 is 0 Å². The van der Waals surface area contributed by atoms with Gasteiger partial charge in [-0.05, 0) is 35.9 Å². The number of carbonyl (C=O) groups is 1. The first kappa shape index (κ1) is 14.2. The maximum Gasteiger partial charge on any atom is 0.144 e. The lowest BCUT2D eigenvalue weighted by Gasteiger charge is -1.99. The highest BCUT2D eigenvalue weighted by atomic mass is 35.5. The normalized spacial score (nSPS) is 11.0. The van der Waals surface area contributed by atoms with Crippen LogP contribution in [0, 0.1) is 5.82 Å². The standard InChI is InChI=1S/C16H11ClFNOS/c17-11-3-6-14-15(8-11)21-16(19-14)9-13(20)7-10-1-4-12(18)5-2-10/h1-6,8H,7,9H2. The highest BCUT2D eigenvalue weighted by molar-refractivity contribution is 7.18. The molecule has 0 unspecified atom stereocenters. The molecule has 0 spiro atoms. The lowest BCUT2D eigenvalue weighted by atomic mass is 10.1. The molecule has 0 atom stereocenters. The van der Waals surface area contributed by atoms with E-state index in [0.717, 1.165) is 20.8 Å². The largest absolute Gasteiger partial charge is 0.299 e. The van der Waals surface area contributed by atoms with Crippen LogP contribution in [0.15, 0.2) is 42.5 Å². The van der Waals surface area contributed by atoms with Crippen LogP contribution in [0.25, 0.3) is 10.2 Å². The molecule has 0 aliphatic heterocycles.